The lowest BCUT2D eigenvalue weighted by Gasteiger charge is -2.29. The van der Waals surface area contributed by atoms with Crippen molar-refractivity contribution in [2.24, 2.45) is 0 Å². The summed E-state index contributed by atoms with van der Waals surface area (Å²) in [5.41, 5.74) is -1.09. The summed E-state index contributed by atoms with van der Waals surface area (Å²) in [4.78, 5) is 33.2. The highest BCUT2D eigenvalue weighted by Gasteiger charge is 2.34. The fourth-order valence-corrected chi connectivity index (χ4v) is 1.86. The number of carbonyl (C=O) groups is 2. The zero-order chi connectivity index (χ0) is 16.3. The molecule has 0 bridgehead atoms. The number of nitro benzene ring substituents is 1. The Kier molecular flexibility index (Phi) is 4.93. The van der Waals surface area contributed by atoms with Crippen LogP contribution in [0.4, 0.5) is 15.8 Å². The lowest BCUT2D eigenvalue weighted by Crippen LogP contribution is -2.50. The second-order valence-corrected chi connectivity index (χ2v) is 4.31. The van der Waals surface area contributed by atoms with E-state index in [9.17, 15) is 29.2 Å². The largest absolute Gasteiger partial charge is 0.480 e. The van der Waals surface area contributed by atoms with Crippen LogP contribution < -0.4 is 4.90 Å². The van der Waals surface area contributed by atoms with Crippen molar-refractivity contribution in [1.29, 1.82) is 0 Å². The predicted molar refractivity (Wildman–Crippen MR) is 69.3 cm³/mol. The summed E-state index contributed by atoms with van der Waals surface area (Å²) in [5.74, 6) is -3.37. The Morgan fingerprint density at radius 1 is 1.43 bits per heavy atom. The third-order valence-electron chi connectivity index (χ3n) is 2.73. The highest BCUT2D eigenvalue weighted by Crippen LogP contribution is 2.27. The van der Waals surface area contributed by atoms with Gasteiger partial charge < -0.3 is 10.2 Å². The van der Waals surface area contributed by atoms with Gasteiger partial charge in [-0.25, -0.2) is 4.79 Å². The third-order valence-corrected chi connectivity index (χ3v) is 2.73. The van der Waals surface area contributed by atoms with E-state index in [1.54, 1.807) is 0 Å². The molecule has 0 saturated carbocycles. The van der Waals surface area contributed by atoms with Crippen LogP contribution in [0.5, 0.6) is 0 Å². The number of anilines is 1. The molecule has 1 aromatic rings. The van der Waals surface area contributed by atoms with Crippen molar-refractivity contribution in [2.75, 3.05) is 4.90 Å². The minimum absolute atomic E-state index is 0.191. The van der Waals surface area contributed by atoms with Crippen molar-refractivity contribution in [3.05, 3.63) is 34.1 Å². The molecule has 0 radical (unpaired) electrons. The lowest BCUT2D eigenvalue weighted by atomic mass is 10.1. The quantitative estimate of drug-likeness (QED) is 0.616. The molecule has 9 heteroatoms. The van der Waals surface area contributed by atoms with E-state index in [1.807, 2.05) is 0 Å². The van der Waals surface area contributed by atoms with Gasteiger partial charge in [0.25, 0.3) is 0 Å². The molecule has 1 rings (SSSR count). The van der Waals surface area contributed by atoms with Gasteiger partial charge in [-0.15, -0.1) is 0 Å². The van der Waals surface area contributed by atoms with Gasteiger partial charge in [0.1, 0.15) is 0 Å². The molecule has 2 unspecified atom stereocenters. The Hall–Kier alpha value is -2.55. The van der Waals surface area contributed by atoms with Gasteiger partial charge in [0.05, 0.1) is 16.7 Å². The molecule has 2 atom stereocenters. The van der Waals surface area contributed by atoms with Crippen LogP contribution in [0.2, 0.25) is 0 Å². The van der Waals surface area contributed by atoms with Crippen LogP contribution in [0.3, 0.4) is 0 Å². The van der Waals surface area contributed by atoms with E-state index in [0.717, 1.165) is 32.0 Å². The Bertz CT molecular complexity index is 589. The fourth-order valence-electron chi connectivity index (χ4n) is 1.86. The second kappa shape index (κ2) is 6.27. The van der Waals surface area contributed by atoms with Crippen molar-refractivity contribution >= 4 is 23.3 Å². The van der Waals surface area contributed by atoms with Crippen molar-refractivity contribution in [3.8, 4) is 0 Å². The molecular formula is C12H13FN2O6. The number of hydrogen-bond donors (Lipinski definition) is 2. The standard InChI is InChI=1S/C12H13FN2O6/c1-6(16)11(12(18)19)14(7(2)17)8-3-4-9(13)10(5-8)15(20)21/h3-6,11,16H,1-2H3,(H,18,19). The van der Waals surface area contributed by atoms with Crippen LogP contribution in [0.15, 0.2) is 18.2 Å². The van der Waals surface area contributed by atoms with Crippen LogP contribution in [-0.4, -0.2) is 39.2 Å². The molecule has 1 aromatic carbocycles. The topological polar surface area (TPSA) is 121 Å². The van der Waals surface area contributed by atoms with E-state index in [4.69, 9.17) is 5.11 Å². The van der Waals surface area contributed by atoms with E-state index in [-0.39, 0.29) is 5.69 Å². The number of nitro groups is 1. The summed E-state index contributed by atoms with van der Waals surface area (Å²) < 4.78 is 13.3. The van der Waals surface area contributed by atoms with Crippen LogP contribution >= 0.6 is 0 Å². The maximum atomic E-state index is 13.3. The van der Waals surface area contributed by atoms with Gasteiger partial charge in [0.15, 0.2) is 6.04 Å². The SMILES string of the molecule is CC(=O)N(c1ccc(F)c([N+](=O)[O-])c1)C(C(=O)O)C(C)O. The number of carboxylic acid groups (broad SMARTS) is 1. The second-order valence-electron chi connectivity index (χ2n) is 4.31. The van der Waals surface area contributed by atoms with Crippen molar-refractivity contribution in [2.45, 2.75) is 26.0 Å². The minimum atomic E-state index is -1.65. The zero-order valence-electron chi connectivity index (χ0n) is 11.2. The molecule has 2 N–H and O–H groups in total. The Balaban J connectivity index is 3.42. The Morgan fingerprint density at radius 3 is 2.38 bits per heavy atom. The molecule has 0 heterocycles. The molecule has 0 aliphatic heterocycles. The molecular weight excluding hydrogens is 287 g/mol. The molecule has 0 aromatic heterocycles. The maximum absolute atomic E-state index is 13.3. The summed E-state index contributed by atoms with van der Waals surface area (Å²) in [6.45, 7) is 2.19. The summed E-state index contributed by atoms with van der Waals surface area (Å²) in [7, 11) is 0. The molecule has 21 heavy (non-hydrogen) atoms. The summed E-state index contributed by atoms with van der Waals surface area (Å²) >= 11 is 0. The lowest BCUT2D eigenvalue weighted by molar-refractivity contribution is -0.387. The van der Waals surface area contributed by atoms with Gasteiger partial charge in [-0.1, -0.05) is 0 Å². The monoisotopic (exact) mass is 300 g/mol. The molecule has 0 saturated heterocycles. The van der Waals surface area contributed by atoms with Gasteiger partial charge in [-0.05, 0) is 19.1 Å². The van der Waals surface area contributed by atoms with Crippen molar-refractivity contribution in [1.82, 2.24) is 0 Å². The number of amides is 1. The van der Waals surface area contributed by atoms with E-state index in [0.29, 0.717) is 4.90 Å². The number of aliphatic hydroxyl groups is 1. The summed E-state index contributed by atoms with van der Waals surface area (Å²) in [6, 6.07) is 0.883. The van der Waals surface area contributed by atoms with E-state index < -0.39 is 40.5 Å². The first kappa shape index (κ1) is 16.5. The van der Waals surface area contributed by atoms with Crippen LogP contribution in [0.25, 0.3) is 0 Å². The van der Waals surface area contributed by atoms with E-state index in [2.05, 4.69) is 0 Å². The normalized spacial score (nSPS) is 13.3. The highest BCUT2D eigenvalue weighted by molar-refractivity contribution is 5.98. The van der Waals surface area contributed by atoms with E-state index >= 15 is 0 Å². The number of carbonyl (C=O) groups excluding carboxylic acids is 1. The van der Waals surface area contributed by atoms with Gasteiger partial charge in [-0.3, -0.25) is 19.8 Å². The number of carboxylic acids is 1. The highest BCUT2D eigenvalue weighted by atomic mass is 19.1. The zero-order valence-corrected chi connectivity index (χ0v) is 11.2. The van der Waals surface area contributed by atoms with Crippen LogP contribution in [0.1, 0.15) is 13.8 Å². The minimum Gasteiger partial charge on any atom is -0.480 e. The molecule has 0 aliphatic carbocycles. The average molecular weight is 300 g/mol. The molecule has 0 aliphatic rings. The van der Waals surface area contributed by atoms with Gasteiger partial charge in [-0.2, -0.15) is 4.39 Å². The number of benzene rings is 1. The third kappa shape index (κ3) is 3.51. The molecule has 1 amide bonds. The Morgan fingerprint density at radius 2 is 2.00 bits per heavy atom. The Labute approximate surface area is 118 Å². The number of rotatable bonds is 5. The van der Waals surface area contributed by atoms with E-state index in [1.165, 1.54) is 0 Å². The summed E-state index contributed by atoms with van der Waals surface area (Å²) in [5, 5.41) is 29.3. The van der Waals surface area contributed by atoms with Crippen LogP contribution in [-0.2, 0) is 9.59 Å². The first-order valence-electron chi connectivity index (χ1n) is 5.81. The average Bonchev–Trinajstić information content (AvgIpc) is 2.34. The number of nitrogens with zero attached hydrogens (tertiary/aromatic N) is 2. The van der Waals surface area contributed by atoms with Crippen LogP contribution in [0, 0.1) is 15.9 Å². The number of halogens is 1. The first-order chi connectivity index (χ1) is 9.66. The van der Waals surface area contributed by atoms with Crippen molar-refractivity contribution in [3.63, 3.8) is 0 Å². The number of aliphatic hydroxyl groups excluding tert-OH is 1. The predicted octanol–water partition coefficient (Wildman–Crippen LogP) is 0.921. The fraction of sp³-hybridized carbons (Fsp3) is 0.333. The smallest absolute Gasteiger partial charge is 0.329 e. The maximum Gasteiger partial charge on any atom is 0.329 e. The van der Waals surface area contributed by atoms with Gasteiger partial charge in [0, 0.05) is 13.0 Å². The molecule has 8 nitrogen and oxygen atoms in total. The number of hydrogen-bond acceptors (Lipinski definition) is 5. The van der Waals surface area contributed by atoms with Gasteiger partial charge >= 0.3 is 11.7 Å². The molecule has 0 spiro atoms. The summed E-state index contributed by atoms with van der Waals surface area (Å²) in [6.07, 6.45) is -1.43. The number of aliphatic carboxylic acids is 1. The first-order valence-corrected chi connectivity index (χ1v) is 5.81. The van der Waals surface area contributed by atoms with Crippen molar-refractivity contribution < 1.29 is 29.1 Å². The molecule has 114 valence electrons. The molecule has 0 fully saturated rings. The van der Waals surface area contributed by atoms with Gasteiger partial charge in [0.2, 0.25) is 11.7 Å².